The van der Waals surface area contributed by atoms with Gasteiger partial charge in [-0.25, -0.2) is 19.3 Å². The van der Waals surface area contributed by atoms with Crippen LogP contribution in [0.5, 0.6) is 0 Å². The molecule has 240 valence electrons. The number of pyridine rings is 3. The number of allylic oxidation sites excluding steroid dienone is 3. The van der Waals surface area contributed by atoms with E-state index in [0.29, 0.717) is 0 Å². The van der Waals surface area contributed by atoms with Crippen molar-refractivity contribution < 1.29 is 0 Å². The Hall–Kier alpha value is -7.24. The normalized spacial score (nSPS) is 14.7. The van der Waals surface area contributed by atoms with E-state index in [1.54, 1.807) is 6.20 Å². The van der Waals surface area contributed by atoms with Crippen LogP contribution in [-0.2, 0) is 0 Å². The second kappa shape index (κ2) is 13.0. The molecule has 3 aliphatic rings. The highest BCUT2D eigenvalue weighted by atomic mass is 15.3. The monoisotopic (exact) mass is 658 g/mol. The first-order valence-corrected chi connectivity index (χ1v) is 16.8. The maximum atomic E-state index is 5.10. The maximum absolute atomic E-state index is 5.10. The summed E-state index contributed by atoms with van der Waals surface area (Å²) in [6.07, 6.45) is 10.6. The number of hydrogen-bond acceptors (Lipinski definition) is 6. The van der Waals surface area contributed by atoms with Gasteiger partial charge < -0.3 is 0 Å². The predicted octanol–water partition coefficient (Wildman–Crippen LogP) is 6.36. The second-order valence-corrected chi connectivity index (χ2v) is 12.0. The van der Waals surface area contributed by atoms with Crippen LogP contribution in [-0.4, -0.2) is 44.0 Å². The molecule has 3 aliphatic heterocycles. The third-order valence-electron chi connectivity index (χ3n) is 8.69. The summed E-state index contributed by atoms with van der Waals surface area (Å²) < 4.78 is 10.2. The summed E-state index contributed by atoms with van der Waals surface area (Å²) in [6, 6.07) is 46.7. The molecule has 0 spiro atoms. The molecule has 6 heterocycles. The Labute approximate surface area is 295 Å². The molecule has 0 radical (unpaired) electrons. The van der Waals surface area contributed by atoms with Crippen LogP contribution in [0, 0.1) is 0 Å². The van der Waals surface area contributed by atoms with Crippen molar-refractivity contribution in [2.24, 2.45) is 4.99 Å². The van der Waals surface area contributed by atoms with Crippen molar-refractivity contribution in [1.29, 1.82) is 0 Å². The van der Waals surface area contributed by atoms with Crippen molar-refractivity contribution in [3.63, 3.8) is 0 Å². The van der Waals surface area contributed by atoms with Gasteiger partial charge in [-0.3, -0.25) is 9.98 Å². The molecular weight excluding hydrogens is 629 g/mol. The molecule has 0 atom stereocenters. The lowest BCUT2D eigenvalue weighted by Crippen LogP contribution is -2.51. The van der Waals surface area contributed by atoms with Crippen molar-refractivity contribution in [3.8, 4) is 11.4 Å². The highest BCUT2D eigenvalue weighted by Gasteiger charge is 2.42. The van der Waals surface area contributed by atoms with Crippen LogP contribution >= 0.6 is 0 Å². The Bertz CT molecular complexity index is 2520. The van der Waals surface area contributed by atoms with Crippen molar-refractivity contribution in [2.45, 2.75) is 6.42 Å². The number of para-hydroxylation sites is 2. The van der Waals surface area contributed by atoms with E-state index in [1.165, 1.54) is 0 Å². The number of hydrogen-bond donors (Lipinski definition) is 0. The summed E-state index contributed by atoms with van der Waals surface area (Å²) in [5.74, 6) is 3.22. The number of benzene rings is 3. The molecule has 0 bridgehead atoms. The van der Waals surface area contributed by atoms with Crippen LogP contribution in [0.4, 0.5) is 11.4 Å². The van der Waals surface area contributed by atoms with E-state index in [2.05, 4.69) is 74.4 Å². The summed E-state index contributed by atoms with van der Waals surface area (Å²) in [4.78, 5) is 23.4. The lowest BCUT2D eigenvalue weighted by molar-refractivity contribution is 1.18. The van der Waals surface area contributed by atoms with E-state index in [0.717, 1.165) is 86.4 Å². The van der Waals surface area contributed by atoms with Gasteiger partial charge in [0.15, 0.2) is 11.4 Å². The minimum Gasteiger partial charge on any atom is -0.255 e. The molecule has 3 aromatic carbocycles. The van der Waals surface area contributed by atoms with Gasteiger partial charge in [-0.05, 0) is 91.4 Å². The van der Waals surface area contributed by atoms with E-state index >= 15 is 0 Å². The summed E-state index contributed by atoms with van der Waals surface area (Å²) in [7, 11) is 0. The van der Waals surface area contributed by atoms with E-state index in [-0.39, 0.29) is 0 Å². The number of aromatic nitrogens is 3. The molecule has 51 heavy (non-hydrogen) atoms. The minimum atomic E-state index is 0.774. The van der Waals surface area contributed by atoms with Crippen LogP contribution < -0.4 is 19.1 Å². The van der Waals surface area contributed by atoms with Crippen molar-refractivity contribution in [3.05, 3.63) is 198 Å². The van der Waals surface area contributed by atoms with Crippen LogP contribution in [0.25, 0.3) is 11.4 Å². The quantitative estimate of drug-likeness (QED) is 0.178. The second-order valence-electron chi connectivity index (χ2n) is 12.0. The molecule has 8 heteroatoms. The number of anilines is 2. The smallest absolute Gasteiger partial charge is 0.255 e. The van der Waals surface area contributed by atoms with Gasteiger partial charge in [0, 0.05) is 12.4 Å². The third-order valence-corrected chi connectivity index (χ3v) is 8.69. The first-order chi connectivity index (χ1) is 25.3. The van der Waals surface area contributed by atoms with E-state index in [1.807, 2.05) is 109 Å². The van der Waals surface area contributed by atoms with Crippen molar-refractivity contribution in [2.75, 3.05) is 9.80 Å². The standard InChI is InChI=1S/C43H30N8/c1-4-17-32(18-5-1)50-40(48-42(50)38-25-13-23-36(46-38)34-21-8-3-10-27-44-34)30-15-12-16-31(29-30)41-49-43(51(41)33-19-6-2-7-20-33)39-26-14-24-37(47-39)35-22-9-11-28-45-35/h1-2,4-29H,3H2/q+2. The molecule has 0 fully saturated rings. The zero-order chi connectivity index (χ0) is 34.0. The zero-order valence-electron chi connectivity index (χ0n) is 27.5. The summed E-state index contributed by atoms with van der Waals surface area (Å²) in [6.45, 7) is 0. The van der Waals surface area contributed by atoms with E-state index in [9.17, 15) is 0 Å². The molecule has 0 N–H and O–H groups in total. The van der Waals surface area contributed by atoms with Crippen molar-refractivity contribution >= 4 is 40.4 Å². The summed E-state index contributed by atoms with van der Waals surface area (Å²) in [5, 5.41) is 0. The Morgan fingerprint density at radius 2 is 1.02 bits per heavy atom. The van der Waals surface area contributed by atoms with Gasteiger partial charge in [0.25, 0.3) is 0 Å². The fourth-order valence-corrected chi connectivity index (χ4v) is 6.25. The highest BCUT2D eigenvalue weighted by molar-refractivity contribution is 6.37. The Balaban J connectivity index is 1.13. The molecule has 3 aromatic heterocycles. The topological polar surface area (TPSA) is 85.7 Å². The SMILES string of the molecule is C1=CN=C(c2cccc(C3=[N+]=C(c4cccc(C5=[N+]=C(c6cccc(-c7ccccn7)n6)N5c5ccccc5)c4)N3c3ccccc3)n2)C=CC1. The molecule has 0 aliphatic carbocycles. The number of nitrogens with zero attached hydrogens (tertiary/aromatic N) is 8. The van der Waals surface area contributed by atoms with Gasteiger partial charge >= 0.3 is 23.3 Å². The van der Waals surface area contributed by atoms with Crippen LogP contribution in [0.15, 0.2) is 175 Å². The first-order valence-electron chi connectivity index (χ1n) is 16.8. The fourth-order valence-electron chi connectivity index (χ4n) is 6.25. The van der Waals surface area contributed by atoms with E-state index < -0.39 is 0 Å². The lowest BCUT2D eigenvalue weighted by atomic mass is 10.0. The Kier molecular flexibility index (Phi) is 7.61. The number of amidine groups is 4. The van der Waals surface area contributed by atoms with Gasteiger partial charge in [0.2, 0.25) is 0 Å². The molecule has 9 rings (SSSR count). The maximum Gasteiger partial charge on any atom is 0.350 e. The average Bonchev–Trinajstić information content (AvgIpc) is 3.46. The molecule has 0 saturated carbocycles. The fraction of sp³-hybridized carbons (Fsp3) is 0.0233. The first kappa shape index (κ1) is 29.9. The predicted molar refractivity (Wildman–Crippen MR) is 206 cm³/mol. The summed E-state index contributed by atoms with van der Waals surface area (Å²) >= 11 is 0. The van der Waals surface area contributed by atoms with Crippen LogP contribution in [0.3, 0.4) is 0 Å². The van der Waals surface area contributed by atoms with Gasteiger partial charge in [0.05, 0.1) is 33.9 Å². The summed E-state index contributed by atoms with van der Waals surface area (Å²) in [5.41, 5.74) is 8.74. The molecular formula is C43H30N8+2. The average molecular weight is 659 g/mol. The third kappa shape index (κ3) is 5.69. The Morgan fingerprint density at radius 3 is 1.65 bits per heavy atom. The largest absolute Gasteiger partial charge is 0.350 e. The van der Waals surface area contributed by atoms with Crippen LogP contribution in [0.1, 0.15) is 34.6 Å². The highest BCUT2D eigenvalue weighted by Crippen LogP contribution is 2.27. The minimum absolute atomic E-state index is 0.774. The van der Waals surface area contributed by atoms with Crippen LogP contribution in [0.2, 0.25) is 0 Å². The Morgan fingerprint density at radius 1 is 0.471 bits per heavy atom. The molecule has 0 unspecified atom stereocenters. The lowest BCUT2D eigenvalue weighted by Gasteiger charge is -2.24. The van der Waals surface area contributed by atoms with Gasteiger partial charge in [-0.15, -0.1) is 0 Å². The van der Waals surface area contributed by atoms with Gasteiger partial charge in [-0.1, -0.05) is 72.8 Å². The van der Waals surface area contributed by atoms with E-state index in [4.69, 9.17) is 19.3 Å². The van der Waals surface area contributed by atoms with Gasteiger partial charge in [0.1, 0.15) is 11.4 Å². The number of rotatable bonds is 8. The van der Waals surface area contributed by atoms with Gasteiger partial charge in [-0.2, -0.15) is 9.80 Å². The molecule has 0 saturated heterocycles. The molecule has 8 nitrogen and oxygen atoms in total. The molecule has 0 amide bonds. The van der Waals surface area contributed by atoms with Crippen molar-refractivity contribution in [1.82, 2.24) is 24.3 Å². The zero-order valence-corrected chi connectivity index (χ0v) is 27.5. The molecule has 6 aromatic rings. The number of aliphatic imine (C=N–C) groups is 1.